The molecule has 0 bridgehead atoms. The van der Waals surface area contributed by atoms with Gasteiger partial charge in [0.2, 0.25) is 17.6 Å². The van der Waals surface area contributed by atoms with Crippen LogP contribution in [0.4, 0.5) is 0 Å². The van der Waals surface area contributed by atoms with Crippen LogP contribution in [0.2, 0.25) is 5.02 Å². The summed E-state index contributed by atoms with van der Waals surface area (Å²) in [6.45, 7) is 7.06. The lowest BCUT2D eigenvalue weighted by Gasteiger charge is -2.26. The quantitative estimate of drug-likeness (QED) is 0.896. The van der Waals surface area contributed by atoms with Crippen molar-refractivity contribution in [3.8, 4) is 17.1 Å². The van der Waals surface area contributed by atoms with Gasteiger partial charge in [-0.15, -0.1) is 0 Å². The van der Waals surface area contributed by atoms with E-state index in [4.69, 9.17) is 20.9 Å². The maximum Gasteiger partial charge on any atom is 0.235 e. The maximum absolute atomic E-state index is 11.7. The Balaban J connectivity index is 1.93. The second-order valence-electron chi connectivity index (χ2n) is 6.27. The summed E-state index contributed by atoms with van der Waals surface area (Å²) < 4.78 is 10.9. The zero-order valence-electron chi connectivity index (χ0n) is 13.9. The summed E-state index contributed by atoms with van der Waals surface area (Å²) in [4.78, 5) is 16.3. The van der Waals surface area contributed by atoms with Crippen LogP contribution in [0.3, 0.4) is 0 Å². The highest BCUT2D eigenvalue weighted by atomic mass is 35.5. The van der Waals surface area contributed by atoms with Crippen molar-refractivity contribution in [1.29, 1.82) is 0 Å². The molecule has 1 unspecified atom stereocenters. The van der Waals surface area contributed by atoms with Crippen LogP contribution >= 0.6 is 11.6 Å². The van der Waals surface area contributed by atoms with Crippen molar-refractivity contribution in [2.24, 2.45) is 5.92 Å². The number of halogens is 1. The molecule has 1 fully saturated rings. The van der Waals surface area contributed by atoms with E-state index >= 15 is 0 Å². The number of benzene rings is 1. The molecule has 6 nitrogen and oxygen atoms in total. The van der Waals surface area contributed by atoms with E-state index < -0.39 is 5.41 Å². The van der Waals surface area contributed by atoms with Gasteiger partial charge < -0.3 is 14.6 Å². The number of aromatic nitrogens is 2. The fraction of sp³-hybridized carbons (Fsp3) is 0.471. The Morgan fingerprint density at radius 3 is 2.83 bits per heavy atom. The van der Waals surface area contributed by atoms with Crippen molar-refractivity contribution in [1.82, 2.24) is 15.5 Å². The third-order valence-electron chi connectivity index (χ3n) is 4.52. The second kappa shape index (κ2) is 6.43. The predicted octanol–water partition coefficient (Wildman–Crippen LogP) is 3.20. The van der Waals surface area contributed by atoms with Crippen molar-refractivity contribution in [2.75, 3.05) is 13.2 Å². The minimum atomic E-state index is -0.461. The lowest BCUT2D eigenvalue weighted by Crippen LogP contribution is -2.35. The van der Waals surface area contributed by atoms with Gasteiger partial charge in [0.15, 0.2) is 0 Å². The normalized spacial score (nSPS) is 20.5. The molecule has 1 N–H and O–H groups in total. The van der Waals surface area contributed by atoms with Gasteiger partial charge in [-0.05, 0) is 31.0 Å². The van der Waals surface area contributed by atoms with Gasteiger partial charge in [0.05, 0.1) is 17.0 Å². The molecule has 0 aliphatic carbocycles. The van der Waals surface area contributed by atoms with Gasteiger partial charge in [0, 0.05) is 18.5 Å². The molecule has 1 aliphatic rings. The highest BCUT2D eigenvalue weighted by Gasteiger charge is 2.47. The Kier molecular flexibility index (Phi) is 4.49. The predicted molar refractivity (Wildman–Crippen MR) is 90.1 cm³/mol. The van der Waals surface area contributed by atoms with Crippen LogP contribution in [-0.2, 0) is 10.2 Å². The summed E-state index contributed by atoms with van der Waals surface area (Å²) >= 11 is 6.22. The van der Waals surface area contributed by atoms with Crippen LogP contribution in [0.1, 0.15) is 33.1 Å². The smallest absolute Gasteiger partial charge is 0.235 e. The van der Waals surface area contributed by atoms with Crippen LogP contribution in [0, 0.1) is 5.92 Å². The van der Waals surface area contributed by atoms with Gasteiger partial charge in [-0.1, -0.05) is 30.6 Å². The van der Waals surface area contributed by atoms with Crippen LogP contribution in [0.5, 0.6) is 5.75 Å². The summed E-state index contributed by atoms with van der Waals surface area (Å²) in [5.41, 5.74) is 0.284. The molecule has 1 aliphatic heterocycles. The molecule has 0 spiro atoms. The van der Waals surface area contributed by atoms with Crippen LogP contribution in [-0.4, -0.2) is 29.2 Å². The zero-order valence-corrected chi connectivity index (χ0v) is 14.7. The standard InChI is InChI=1S/C17H20ClN3O3/c1-4-23-13-6-5-11(7-12(13)18)15-20-16(24-21-15)17(10(2)3)8-14(22)19-9-17/h5-7,10H,4,8-9H2,1-3H3,(H,19,22). The number of nitrogens with one attached hydrogen (secondary N) is 1. The Hall–Kier alpha value is -2.08. The third kappa shape index (κ3) is 2.86. The molecule has 1 atom stereocenters. The number of nitrogens with zero attached hydrogens (tertiary/aromatic N) is 2. The number of carbonyl (C=O) groups excluding carboxylic acids is 1. The van der Waals surface area contributed by atoms with Gasteiger partial charge in [0.1, 0.15) is 5.75 Å². The molecular weight excluding hydrogens is 330 g/mol. The number of ether oxygens (including phenoxy) is 1. The number of carbonyl (C=O) groups is 1. The average Bonchev–Trinajstić information content (AvgIpc) is 3.17. The van der Waals surface area contributed by atoms with Crippen molar-refractivity contribution < 1.29 is 14.1 Å². The van der Waals surface area contributed by atoms with Gasteiger partial charge >= 0.3 is 0 Å². The van der Waals surface area contributed by atoms with Crippen molar-refractivity contribution in [3.63, 3.8) is 0 Å². The van der Waals surface area contributed by atoms with E-state index in [1.807, 2.05) is 13.0 Å². The number of hydrogen-bond acceptors (Lipinski definition) is 5. The van der Waals surface area contributed by atoms with E-state index in [1.165, 1.54) is 0 Å². The summed E-state index contributed by atoms with van der Waals surface area (Å²) in [7, 11) is 0. The van der Waals surface area contributed by atoms with E-state index in [9.17, 15) is 4.79 Å². The molecule has 1 saturated heterocycles. The van der Waals surface area contributed by atoms with E-state index in [-0.39, 0.29) is 11.8 Å². The van der Waals surface area contributed by atoms with Crippen molar-refractivity contribution in [2.45, 2.75) is 32.6 Å². The number of amides is 1. The first-order valence-corrected chi connectivity index (χ1v) is 8.37. The Labute approximate surface area is 145 Å². The second-order valence-corrected chi connectivity index (χ2v) is 6.67. The number of rotatable bonds is 5. The van der Waals surface area contributed by atoms with Gasteiger partial charge in [0.25, 0.3) is 0 Å². The molecule has 1 aromatic heterocycles. The van der Waals surface area contributed by atoms with E-state index in [2.05, 4.69) is 29.3 Å². The molecule has 3 rings (SSSR count). The van der Waals surface area contributed by atoms with Crippen LogP contribution in [0.25, 0.3) is 11.4 Å². The molecule has 128 valence electrons. The Bertz CT molecular complexity index is 759. The SMILES string of the molecule is CCOc1ccc(-c2noc(C3(C(C)C)CNC(=O)C3)n2)cc1Cl. The average molecular weight is 350 g/mol. The van der Waals surface area contributed by atoms with Crippen LogP contribution < -0.4 is 10.1 Å². The third-order valence-corrected chi connectivity index (χ3v) is 4.82. The fourth-order valence-electron chi connectivity index (χ4n) is 2.93. The summed E-state index contributed by atoms with van der Waals surface area (Å²) in [5, 5.41) is 7.44. The minimum absolute atomic E-state index is 0.00700. The molecule has 0 radical (unpaired) electrons. The Morgan fingerprint density at radius 2 is 2.25 bits per heavy atom. The molecular formula is C17H20ClN3O3. The van der Waals surface area contributed by atoms with Gasteiger partial charge in [-0.2, -0.15) is 4.98 Å². The highest BCUT2D eigenvalue weighted by Crippen LogP contribution is 2.38. The summed E-state index contributed by atoms with van der Waals surface area (Å²) in [6, 6.07) is 5.38. The lowest BCUT2D eigenvalue weighted by atomic mass is 9.76. The first-order chi connectivity index (χ1) is 11.5. The molecule has 1 aromatic carbocycles. The van der Waals surface area contributed by atoms with Gasteiger partial charge in [-0.3, -0.25) is 4.79 Å². The minimum Gasteiger partial charge on any atom is -0.492 e. The topological polar surface area (TPSA) is 77.3 Å². The molecule has 24 heavy (non-hydrogen) atoms. The van der Waals surface area contributed by atoms with E-state index in [0.29, 0.717) is 42.1 Å². The summed E-state index contributed by atoms with van der Waals surface area (Å²) in [5.74, 6) is 1.75. The zero-order chi connectivity index (χ0) is 17.3. The van der Waals surface area contributed by atoms with Crippen molar-refractivity contribution in [3.05, 3.63) is 29.1 Å². The first kappa shape index (κ1) is 16.8. The maximum atomic E-state index is 11.7. The van der Waals surface area contributed by atoms with E-state index in [1.54, 1.807) is 12.1 Å². The highest BCUT2D eigenvalue weighted by molar-refractivity contribution is 6.32. The Morgan fingerprint density at radius 1 is 1.46 bits per heavy atom. The number of hydrogen-bond donors (Lipinski definition) is 1. The van der Waals surface area contributed by atoms with Crippen LogP contribution in [0.15, 0.2) is 22.7 Å². The molecule has 1 amide bonds. The molecule has 2 aromatic rings. The van der Waals surface area contributed by atoms with Gasteiger partial charge in [-0.25, -0.2) is 0 Å². The van der Waals surface area contributed by atoms with E-state index in [0.717, 1.165) is 5.56 Å². The van der Waals surface area contributed by atoms with Crippen molar-refractivity contribution >= 4 is 17.5 Å². The first-order valence-electron chi connectivity index (χ1n) is 8.00. The molecule has 0 saturated carbocycles. The lowest BCUT2D eigenvalue weighted by molar-refractivity contribution is -0.119. The monoisotopic (exact) mass is 349 g/mol. The molecule has 2 heterocycles. The molecule has 7 heteroatoms. The summed E-state index contributed by atoms with van der Waals surface area (Å²) in [6.07, 6.45) is 0.357. The largest absolute Gasteiger partial charge is 0.492 e. The fourth-order valence-corrected chi connectivity index (χ4v) is 3.16.